The lowest BCUT2D eigenvalue weighted by atomic mass is 9.98. The molecule has 0 spiro atoms. The van der Waals surface area contributed by atoms with Crippen molar-refractivity contribution in [3.8, 4) is 0 Å². The van der Waals surface area contributed by atoms with Crippen molar-refractivity contribution in [2.75, 3.05) is 19.5 Å². The number of fused-ring (bicyclic) bond motifs is 2. The van der Waals surface area contributed by atoms with E-state index in [-0.39, 0.29) is 12.2 Å². The van der Waals surface area contributed by atoms with Crippen molar-refractivity contribution >= 4 is 34.5 Å². The lowest BCUT2D eigenvalue weighted by molar-refractivity contribution is -0.110. The summed E-state index contributed by atoms with van der Waals surface area (Å²) in [5.74, 6) is 0.424. The molecule has 0 unspecified atom stereocenters. The van der Waals surface area contributed by atoms with Crippen LogP contribution in [-0.2, 0) is 32.0 Å². The smallest absolute Gasteiger partial charge is 0.260 e. The Hall–Kier alpha value is -2.34. The Labute approximate surface area is 156 Å². The molecule has 0 saturated carbocycles. The summed E-state index contributed by atoms with van der Waals surface area (Å²) in [6.45, 7) is 0.426. The lowest BCUT2D eigenvalue weighted by Crippen LogP contribution is -2.16. The van der Waals surface area contributed by atoms with Gasteiger partial charge >= 0.3 is 0 Å². The zero-order valence-electron chi connectivity index (χ0n) is 14.5. The number of amides is 1. The molecule has 2 aliphatic heterocycles. The topological polar surface area (TPSA) is 56.8 Å². The standard InChI is InChI=1S/C20H18ClNO4/c1-24-17(25-2)8-11-3-5-14-12(7-11)10-26-19(14)18-15-9-13(21)4-6-16(15)22-20(18)23/h3-7,9,17H,8,10H2,1-2H3,(H,22,23)/b19-18+. The van der Waals surface area contributed by atoms with E-state index >= 15 is 0 Å². The first kappa shape index (κ1) is 17.1. The van der Waals surface area contributed by atoms with Crippen molar-refractivity contribution < 1.29 is 19.0 Å². The maximum absolute atomic E-state index is 12.5. The van der Waals surface area contributed by atoms with E-state index in [2.05, 4.69) is 11.4 Å². The molecule has 0 radical (unpaired) electrons. The van der Waals surface area contributed by atoms with Gasteiger partial charge in [0, 0.05) is 48.0 Å². The van der Waals surface area contributed by atoms with E-state index in [1.807, 2.05) is 12.1 Å². The Balaban J connectivity index is 1.74. The van der Waals surface area contributed by atoms with Gasteiger partial charge in [0.25, 0.3) is 5.91 Å². The number of benzene rings is 2. The summed E-state index contributed by atoms with van der Waals surface area (Å²) >= 11 is 6.11. The van der Waals surface area contributed by atoms with Crippen LogP contribution in [0.25, 0.3) is 11.3 Å². The summed E-state index contributed by atoms with van der Waals surface area (Å²) in [7, 11) is 3.24. The number of methoxy groups -OCH3 is 2. The summed E-state index contributed by atoms with van der Waals surface area (Å²) in [5, 5.41) is 3.45. The molecule has 1 amide bonds. The predicted octanol–water partition coefficient (Wildman–Crippen LogP) is 3.85. The van der Waals surface area contributed by atoms with Crippen LogP contribution in [0.15, 0.2) is 36.4 Å². The predicted molar refractivity (Wildman–Crippen MR) is 99.6 cm³/mol. The molecule has 2 aromatic rings. The number of rotatable bonds is 4. The van der Waals surface area contributed by atoms with Gasteiger partial charge in [-0.1, -0.05) is 29.8 Å². The third-order valence-corrected chi connectivity index (χ3v) is 4.90. The molecule has 5 nitrogen and oxygen atoms in total. The van der Waals surface area contributed by atoms with Gasteiger partial charge in [-0.3, -0.25) is 4.79 Å². The minimum atomic E-state index is -0.289. The first-order valence-electron chi connectivity index (χ1n) is 8.27. The zero-order valence-corrected chi connectivity index (χ0v) is 15.2. The SMILES string of the molecule is COC(Cc1ccc2c(c1)CO/C2=C1/C(=O)Nc2ccc(Cl)cc21)OC. The van der Waals surface area contributed by atoms with E-state index in [1.165, 1.54) is 0 Å². The summed E-state index contributed by atoms with van der Waals surface area (Å²) in [4.78, 5) is 12.5. The normalized spacial score (nSPS) is 17.9. The Morgan fingerprint density at radius 3 is 2.73 bits per heavy atom. The van der Waals surface area contributed by atoms with Crippen molar-refractivity contribution in [1.82, 2.24) is 0 Å². The van der Waals surface area contributed by atoms with Gasteiger partial charge in [-0.15, -0.1) is 0 Å². The quantitative estimate of drug-likeness (QED) is 0.655. The molecule has 6 heteroatoms. The molecule has 0 bridgehead atoms. The summed E-state index contributed by atoms with van der Waals surface area (Å²) in [6.07, 6.45) is 0.355. The van der Waals surface area contributed by atoms with Crippen molar-refractivity contribution in [2.45, 2.75) is 19.3 Å². The Kier molecular flexibility index (Phi) is 4.44. The fourth-order valence-electron chi connectivity index (χ4n) is 3.37. The molecule has 134 valence electrons. The summed E-state index contributed by atoms with van der Waals surface area (Å²) in [6, 6.07) is 11.4. The molecule has 2 heterocycles. The second kappa shape index (κ2) is 6.76. The molecule has 1 N–H and O–H groups in total. The molecule has 2 aromatic carbocycles. The van der Waals surface area contributed by atoms with Crippen LogP contribution >= 0.6 is 11.6 Å². The molecule has 0 fully saturated rings. The monoisotopic (exact) mass is 371 g/mol. The van der Waals surface area contributed by atoms with E-state index in [0.29, 0.717) is 29.4 Å². The highest BCUT2D eigenvalue weighted by Gasteiger charge is 2.32. The van der Waals surface area contributed by atoms with Crippen LogP contribution in [0.5, 0.6) is 0 Å². The number of carbonyl (C=O) groups excluding carboxylic acids is 1. The highest BCUT2D eigenvalue weighted by atomic mass is 35.5. The van der Waals surface area contributed by atoms with E-state index in [4.69, 9.17) is 25.8 Å². The van der Waals surface area contributed by atoms with Crippen molar-refractivity contribution in [3.05, 3.63) is 63.7 Å². The first-order chi connectivity index (χ1) is 12.6. The number of nitrogens with one attached hydrogen (secondary N) is 1. The summed E-state index contributed by atoms with van der Waals surface area (Å²) < 4.78 is 16.4. The number of anilines is 1. The highest BCUT2D eigenvalue weighted by Crippen LogP contribution is 2.42. The molecule has 2 aliphatic rings. The van der Waals surface area contributed by atoms with Gasteiger partial charge in [0.05, 0.1) is 5.57 Å². The van der Waals surface area contributed by atoms with Crippen LogP contribution in [0.1, 0.15) is 22.3 Å². The Morgan fingerprint density at radius 1 is 1.15 bits per heavy atom. The van der Waals surface area contributed by atoms with Crippen LogP contribution in [0, 0.1) is 0 Å². The number of carbonyl (C=O) groups is 1. The van der Waals surface area contributed by atoms with Crippen LogP contribution in [0.3, 0.4) is 0 Å². The molecular formula is C20H18ClNO4. The second-order valence-electron chi connectivity index (χ2n) is 6.23. The van der Waals surface area contributed by atoms with Gasteiger partial charge in [0.1, 0.15) is 12.4 Å². The maximum Gasteiger partial charge on any atom is 0.260 e. The maximum atomic E-state index is 12.5. The van der Waals surface area contributed by atoms with Gasteiger partial charge in [-0.2, -0.15) is 0 Å². The first-order valence-corrected chi connectivity index (χ1v) is 8.64. The minimum absolute atomic E-state index is 0.173. The molecule has 0 aromatic heterocycles. The van der Waals surface area contributed by atoms with Crippen molar-refractivity contribution in [3.63, 3.8) is 0 Å². The van der Waals surface area contributed by atoms with Gasteiger partial charge in [0.2, 0.25) is 0 Å². The molecule has 4 rings (SSSR count). The third kappa shape index (κ3) is 2.88. The number of ether oxygens (including phenoxy) is 3. The fourth-order valence-corrected chi connectivity index (χ4v) is 3.54. The van der Waals surface area contributed by atoms with Gasteiger partial charge in [-0.25, -0.2) is 0 Å². The molecule has 0 aliphatic carbocycles. The fraction of sp³-hybridized carbons (Fsp3) is 0.250. The van der Waals surface area contributed by atoms with Crippen LogP contribution in [0.2, 0.25) is 5.02 Å². The highest BCUT2D eigenvalue weighted by molar-refractivity contribution is 6.37. The Bertz CT molecular complexity index is 918. The van der Waals surface area contributed by atoms with E-state index < -0.39 is 0 Å². The van der Waals surface area contributed by atoms with Crippen LogP contribution in [0.4, 0.5) is 5.69 Å². The van der Waals surface area contributed by atoms with Gasteiger partial charge in [-0.05, 0) is 23.8 Å². The van der Waals surface area contributed by atoms with Gasteiger partial charge in [0.15, 0.2) is 6.29 Å². The largest absolute Gasteiger partial charge is 0.487 e. The molecule has 0 atom stereocenters. The average molecular weight is 372 g/mol. The zero-order chi connectivity index (χ0) is 18.3. The Morgan fingerprint density at radius 2 is 1.96 bits per heavy atom. The second-order valence-corrected chi connectivity index (χ2v) is 6.67. The average Bonchev–Trinajstić information content (AvgIpc) is 3.18. The molecule has 26 heavy (non-hydrogen) atoms. The molecule has 0 saturated heterocycles. The minimum Gasteiger partial charge on any atom is -0.487 e. The van der Waals surface area contributed by atoms with E-state index in [0.717, 1.165) is 27.9 Å². The van der Waals surface area contributed by atoms with Gasteiger partial charge < -0.3 is 19.5 Å². The van der Waals surface area contributed by atoms with Crippen molar-refractivity contribution in [2.24, 2.45) is 0 Å². The van der Waals surface area contributed by atoms with Crippen LogP contribution in [-0.4, -0.2) is 26.4 Å². The van der Waals surface area contributed by atoms with E-state index in [9.17, 15) is 4.79 Å². The van der Waals surface area contributed by atoms with Crippen LogP contribution < -0.4 is 5.32 Å². The number of halogens is 1. The van der Waals surface area contributed by atoms with Crippen molar-refractivity contribution in [1.29, 1.82) is 0 Å². The lowest BCUT2D eigenvalue weighted by Gasteiger charge is -2.13. The molecular weight excluding hydrogens is 354 g/mol. The summed E-state index contributed by atoms with van der Waals surface area (Å²) in [5.41, 5.74) is 5.11. The third-order valence-electron chi connectivity index (χ3n) is 4.67. The number of hydrogen-bond acceptors (Lipinski definition) is 4. The number of hydrogen-bond donors (Lipinski definition) is 1. The van der Waals surface area contributed by atoms with E-state index in [1.54, 1.807) is 32.4 Å².